The standard InChI is InChI=1S/C15H19Br/c1-2-3-4-5-6-7-8-9-10-11-12-13-14-15-16/h11-14H,2-5,8,15H2,1H3. The van der Waals surface area contributed by atoms with Gasteiger partial charge in [0.1, 0.15) is 0 Å². The average molecular weight is 279 g/mol. The van der Waals surface area contributed by atoms with Gasteiger partial charge < -0.3 is 0 Å². The van der Waals surface area contributed by atoms with Crippen LogP contribution in [0.4, 0.5) is 0 Å². The van der Waals surface area contributed by atoms with Crippen LogP contribution in [0.15, 0.2) is 24.3 Å². The lowest BCUT2D eigenvalue weighted by molar-refractivity contribution is 0.737. The van der Waals surface area contributed by atoms with E-state index < -0.39 is 0 Å². The molecule has 0 saturated heterocycles. The fourth-order valence-corrected chi connectivity index (χ4v) is 1.22. The first kappa shape index (κ1) is 15.1. The van der Waals surface area contributed by atoms with Gasteiger partial charge in [-0.25, -0.2) is 0 Å². The minimum atomic E-state index is 0.679. The van der Waals surface area contributed by atoms with Crippen LogP contribution in [0.25, 0.3) is 0 Å². The summed E-state index contributed by atoms with van der Waals surface area (Å²) in [4.78, 5) is 0. The minimum absolute atomic E-state index is 0.679. The molecule has 0 fully saturated rings. The molecular weight excluding hydrogens is 260 g/mol. The third-order valence-corrected chi connectivity index (χ3v) is 2.20. The third-order valence-electron chi connectivity index (χ3n) is 1.83. The number of hydrogen-bond acceptors (Lipinski definition) is 0. The minimum Gasteiger partial charge on any atom is -0.102 e. The van der Waals surface area contributed by atoms with Crippen LogP contribution < -0.4 is 0 Å². The fraction of sp³-hybridized carbons (Fsp3) is 0.467. The van der Waals surface area contributed by atoms with Crippen LogP contribution in [-0.2, 0) is 0 Å². The van der Waals surface area contributed by atoms with Gasteiger partial charge in [-0.2, -0.15) is 0 Å². The Morgan fingerprint density at radius 3 is 2.69 bits per heavy atom. The Morgan fingerprint density at radius 1 is 1.06 bits per heavy atom. The Balaban J connectivity index is 3.53. The maximum atomic E-state index is 3.30. The van der Waals surface area contributed by atoms with E-state index in [0.29, 0.717) is 6.42 Å². The van der Waals surface area contributed by atoms with Crippen LogP contribution in [0, 0.1) is 23.7 Å². The lowest BCUT2D eigenvalue weighted by Crippen LogP contribution is -1.70. The molecule has 1 heteroatoms. The zero-order valence-corrected chi connectivity index (χ0v) is 11.5. The molecule has 0 radical (unpaired) electrons. The van der Waals surface area contributed by atoms with Gasteiger partial charge in [0.05, 0.1) is 6.42 Å². The van der Waals surface area contributed by atoms with Gasteiger partial charge in [-0.15, -0.1) is 5.92 Å². The molecule has 0 aromatic carbocycles. The molecule has 0 aromatic heterocycles. The lowest BCUT2D eigenvalue weighted by atomic mass is 10.2. The second kappa shape index (κ2) is 14.1. The second-order valence-corrected chi connectivity index (χ2v) is 3.90. The highest BCUT2D eigenvalue weighted by Crippen LogP contribution is 1.96. The molecule has 0 spiro atoms. The maximum absolute atomic E-state index is 3.30. The van der Waals surface area contributed by atoms with Crippen molar-refractivity contribution in [1.82, 2.24) is 0 Å². The Morgan fingerprint density at radius 2 is 1.94 bits per heavy atom. The van der Waals surface area contributed by atoms with Crippen molar-refractivity contribution >= 4 is 15.9 Å². The van der Waals surface area contributed by atoms with E-state index in [-0.39, 0.29) is 0 Å². The van der Waals surface area contributed by atoms with E-state index in [4.69, 9.17) is 0 Å². The molecule has 0 bridgehead atoms. The van der Waals surface area contributed by atoms with Crippen molar-refractivity contribution < 1.29 is 0 Å². The van der Waals surface area contributed by atoms with Crippen molar-refractivity contribution in [3.05, 3.63) is 24.3 Å². The summed E-state index contributed by atoms with van der Waals surface area (Å²) in [5, 5.41) is 0.883. The highest BCUT2D eigenvalue weighted by molar-refractivity contribution is 9.09. The highest BCUT2D eigenvalue weighted by Gasteiger charge is 1.79. The van der Waals surface area contributed by atoms with E-state index in [1.807, 2.05) is 24.3 Å². The Bertz CT molecular complexity index is 315. The summed E-state index contributed by atoms with van der Waals surface area (Å²) in [6.45, 7) is 2.20. The highest BCUT2D eigenvalue weighted by atomic mass is 79.9. The molecule has 16 heavy (non-hydrogen) atoms. The van der Waals surface area contributed by atoms with E-state index in [9.17, 15) is 0 Å². The molecule has 0 rings (SSSR count). The largest absolute Gasteiger partial charge is 0.102 e. The van der Waals surface area contributed by atoms with Crippen LogP contribution in [0.1, 0.15) is 39.0 Å². The summed E-state index contributed by atoms with van der Waals surface area (Å²) in [6, 6.07) is 0. The number of alkyl halides is 1. The number of allylic oxidation sites excluding steroid dienone is 4. The second-order valence-electron chi connectivity index (χ2n) is 3.25. The maximum Gasteiger partial charge on any atom is 0.0706 e. The van der Waals surface area contributed by atoms with E-state index in [2.05, 4.69) is 46.5 Å². The molecule has 0 nitrogen and oxygen atoms in total. The summed E-state index contributed by atoms with van der Waals surface area (Å²) in [5.74, 6) is 12.1. The van der Waals surface area contributed by atoms with Gasteiger partial charge in [0.15, 0.2) is 0 Å². The van der Waals surface area contributed by atoms with Gasteiger partial charge in [-0.3, -0.25) is 0 Å². The van der Waals surface area contributed by atoms with E-state index in [1.54, 1.807) is 0 Å². The number of hydrogen-bond donors (Lipinski definition) is 0. The molecule has 0 N–H and O–H groups in total. The van der Waals surface area contributed by atoms with Crippen LogP contribution >= 0.6 is 15.9 Å². The molecule has 0 heterocycles. The molecule has 0 aliphatic carbocycles. The molecule has 0 unspecified atom stereocenters. The van der Waals surface area contributed by atoms with E-state index >= 15 is 0 Å². The van der Waals surface area contributed by atoms with Crippen molar-refractivity contribution in [3.63, 3.8) is 0 Å². The smallest absolute Gasteiger partial charge is 0.0706 e. The van der Waals surface area contributed by atoms with Gasteiger partial charge in [-0.05, 0) is 12.5 Å². The Labute approximate surface area is 108 Å². The van der Waals surface area contributed by atoms with Gasteiger partial charge in [0, 0.05) is 11.8 Å². The SMILES string of the molecule is CCCCCC#CCC#CC=CC=CCBr. The molecule has 86 valence electrons. The zero-order chi connectivity index (χ0) is 11.9. The first-order valence-electron chi connectivity index (χ1n) is 5.73. The van der Waals surface area contributed by atoms with Crippen molar-refractivity contribution in [3.8, 4) is 23.7 Å². The van der Waals surface area contributed by atoms with Crippen LogP contribution in [0.2, 0.25) is 0 Å². The summed E-state index contributed by atoms with van der Waals surface area (Å²) in [5.41, 5.74) is 0. The summed E-state index contributed by atoms with van der Waals surface area (Å²) < 4.78 is 0. The lowest BCUT2D eigenvalue weighted by Gasteiger charge is -1.87. The van der Waals surface area contributed by atoms with Crippen LogP contribution in [-0.4, -0.2) is 5.33 Å². The van der Waals surface area contributed by atoms with Crippen molar-refractivity contribution in [2.75, 3.05) is 5.33 Å². The van der Waals surface area contributed by atoms with E-state index in [0.717, 1.165) is 11.8 Å². The fourth-order valence-electron chi connectivity index (χ4n) is 1.00. The predicted molar refractivity (Wildman–Crippen MR) is 76.4 cm³/mol. The topological polar surface area (TPSA) is 0 Å². The zero-order valence-electron chi connectivity index (χ0n) is 9.93. The van der Waals surface area contributed by atoms with Crippen LogP contribution in [0.5, 0.6) is 0 Å². The Kier molecular flexibility index (Phi) is 13.3. The van der Waals surface area contributed by atoms with Crippen molar-refractivity contribution in [2.45, 2.75) is 39.0 Å². The molecule has 0 aromatic rings. The molecular formula is C15H19Br. The first-order valence-corrected chi connectivity index (χ1v) is 6.85. The Hall–Kier alpha value is -0.920. The molecule has 0 aliphatic rings. The number of halogens is 1. The van der Waals surface area contributed by atoms with Gasteiger partial charge in [-0.1, -0.05) is 71.7 Å². The molecule has 0 atom stereocenters. The van der Waals surface area contributed by atoms with Gasteiger partial charge >= 0.3 is 0 Å². The van der Waals surface area contributed by atoms with Gasteiger partial charge in [0.2, 0.25) is 0 Å². The quantitative estimate of drug-likeness (QED) is 0.301. The van der Waals surface area contributed by atoms with Crippen molar-refractivity contribution in [1.29, 1.82) is 0 Å². The molecule has 0 amide bonds. The summed E-state index contributed by atoms with van der Waals surface area (Å²) >= 11 is 3.30. The first-order chi connectivity index (χ1) is 7.91. The monoisotopic (exact) mass is 278 g/mol. The summed E-state index contributed by atoms with van der Waals surface area (Å²) in [6.07, 6.45) is 13.2. The molecule has 0 saturated carbocycles. The molecule has 0 aliphatic heterocycles. The normalized spacial score (nSPS) is 9.88. The van der Waals surface area contributed by atoms with Gasteiger partial charge in [0.25, 0.3) is 0 Å². The number of rotatable bonds is 5. The summed E-state index contributed by atoms with van der Waals surface area (Å²) in [7, 11) is 0. The van der Waals surface area contributed by atoms with E-state index in [1.165, 1.54) is 19.3 Å². The average Bonchev–Trinajstić information content (AvgIpc) is 2.31. The van der Waals surface area contributed by atoms with Crippen LogP contribution in [0.3, 0.4) is 0 Å². The van der Waals surface area contributed by atoms with Crippen molar-refractivity contribution in [2.24, 2.45) is 0 Å². The number of unbranched alkanes of at least 4 members (excludes halogenated alkanes) is 3. The third kappa shape index (κ3) is 13.1. The predicted octanol–water partition coefficient (Wildman–Crippen LogP) is 4.47.